The molecule has 0 spiro atoms. The van der Waals surface area contributed by atoms with Gasteiger partial charge in [-0.3, -0.25) is 0 Å². The van der Waals surface area contributed by atoms with E-state index in [0.29, 0.717) is 0 Å². The topological polar surface area (TPSA) is 12.9 Å². The molecule has 1 nitrogen and oxygen atoms in total. The van der Waals surface area contributed by atoms with Crippen LogP contribution in [-0.2, 0) is 0 Å². The van der Waals surface area contributed by atoms with E-state index in [0.717, 1.165) is 11.0 Å². The molecule has 0 aliphatic heterocycles. The minimum absolute atomic E-state index is 1.05. The third-order valence-corrected chi connectivity index (χ3v) is 4.67. The van der Waals surface area contributed by atoms with Crippen LogP contribution in [0.4, 0.5) is 0 Å². The molecule has 0 atom stereocenters. The third kappa shape index (κ3) is 2.10. The number of halogens is 1. The van der Waals surface area contributed by atoms with Gasteiger partial charge in [0, 0.05) is 19.9 Å². The lowest BCUT2D eigenvalue weighted by molar-refractivity contribution is 1.49. The van der Waals surface area contributed by atoms with E-state index in [1.807, 2.05) is 12.1 Å². The molecule has 0 bridgehead atoms. The van der Waals surface area contributed by atoms with Gasteiger partial charge in [0.05, 0.1) is 11.0 Å². The maximum atomic E-state index is 4.79. The number of para-hydroxylation sites is 2. The van der Waals surface area contributed by atoms with Gasteiger partial charge in [-0.05, 0) is 46.4 Å². The summed E-state index contributed by atoms with van der Waals surface area (Å²) in [6.45, 7) is 0. The normalized spacial score (nSPS) is 11.1. The molecule has 0 fully saturated rings. The van der Waals surface area contributed by atoms with Crippen molar-refractivity contribution < 1.29 is 0 Å². The standard InChI is InChI=1S/C19H12IN/c20-16-10-4-1-7-13(16)19-14-8-2-5-11-17(14)21-18-12-6-3-9-15(18)19/h1-12H. The lowest BCUT2D eigenvalue weighted by Gasteiger charge is -2.12. The summed E-state index contributed by atoms with van der Waals surface area (Å²) in [7, 11) is 0. The van der Waals surface area contributed by atoms with Crippen LogP contribution in [0.25, 0.3) is 32.9 Å². The zero-order valence-corrected chi connectivity index (χ0v) is 13.4. The predicted molar refractivity (Wildman–Crippen MR) is 97.4 cm³/mol. The molecule has 0 saturated heterocycles. The largest absolute Gasteiger partial charge is 0.248 e. The second-order valence-corrected chi connectivity index (χ2v) is 6.16. The molecule has 3 aromatic carbocycles. The number of aromatic nitrogens is 1. The Labute approximate surface area is 136 Å². The summed E-state index contributed by atoms with van der Waals surface area (Å²) >= 11 is 2.41. The van der Waals surface area contributed by atoms with Gasteiger partial charge in [-0.15, -0.1) is 0 Å². The van der Waals surface area contributed by atoms with Crippen LogP contribution in [-0.4, -0.2) is 4.98 Å². The van der Waals surface area contributed by atoms with E-state index in [4.69, 9.17) is 4.98 Å². The Kier molecular flexibility index (Phi) is 3.11. The molecule has 0 unspecified atom stereocenters. The van der Waals surface area contributed by atoms with Gasteiger partial charge in [0.15, 0.2) is 0 Å². The molecule has 0 saturated carbocycles. The fourth-order valence-corrected chi connectivity index (χ4v) is 3.45. The molecule has 4 rings (SSSR count). The van der Waals surface area contributed by atoms with Crippen LogP contribution < -0.4 is 0 Å². The van der Waals surface area contributed by atoms with Crippen LogP contribution >= 0.6 is 22.6 Å². The number of hydrogen-bond acceptors (Lipinski definition) is 1. The highest BCUT2D eigenvalue weighted by Gasteiger charge is 2.12. The van der Waals surface area contributed by atoms with E-state index in [1.165, 1.54) is 25.5 Å². The van der Waals surface area contributed by atoms with Crippen molar-refractivity contribution in [3.63, 3.8) is 0 Å². The number of benzene rings is 3. The minimum Gasteiger partial charge on any atom is -0.248 e. The lowest BCUT2D eigenvalue weighted by atomic mass is 9.96. The SMILES string of the molecule is Ic1ccccc1-c1c2ccccc2nc2ccccc12. The van der Waals surface area contributed by atoms with Gasteiger partial charge >= 0.3 is 0 Å². The highest BCUT2D eigenvalue weighted by atomic mass is 127. The van der Waals surface area contributed by atoms with Crippen molar-refractivity contribution in [3.05, 3.63) is 76.4 Å². The zero-order valence-electron chi connectivity index (χ0n) is 11.3. The highest BCUT2D eigenvalue weighted by molar-refractivity contribution is 14.1. The number of rotatable bonds is 1. The van der Waals surface area contributed by atoms with E-state index in [-0.39, 0.29) is 0 Å². The van der Waals surface area contributed by atoms with Crippen molar-refractivity contribution in [2.24, 2.45) is 0 Å². The van der Waals surface area contributed by atoms with Crippen molar-refractivity contribution in [3.8, 4) is 11.1 Å². The first kappa shape index (κ1) is 12.8. The number of hydrogen-bond donors (Lipinski definition) is 0. The van der Waals surface area contributed by atoms with Crippen LogP contribution in [0.2, 0.25) is 0 Å². The van der Waals surface area contributed by atoms with Gasteiger partial charge in [0.2, 0.25) is 0 Å². The smallest absolute Gasteiger partial charge is 0.0715 e. The molecule has 2 heteroatoms. The van der Waals surface area contributed by atoms with E-state index >= 15 is 0 Å². The van der Waals surface area contributed by atoms with Gasteiger partial charge in [0.25, 0.3) is 0 Å². The number of pyridine rings is 1. The van der Waals surface area contributed by atoms with Gasteiger partial charge in [-0.2, -0.15) is 0 Å². The second kappa shape index (κ2) is 5.11. The molecule has 4 aromatic rings. The summed E-state index contributed by atoms with van der Waals surface area (Å²) in [5.41, 5.74) is 4.64. The fourth-order valence-electron chi connectivity index (χ4n) is 2.79. The molecule has 1 aromatic heterocycles. The molecule has 0 aliphatic carbocycles. The van der Waals surface area contributed by atoms with Crippen molar-refractivity contribution in [2.75, 3.05) is 0 Å². The fraction of sp³-hybridized carbons (Fsp3) is 0. The lowest BCUT2D eigenvalue weighted by Crippen LogP contribution is -1.90. The average Bonchev–Trinajstić information content (AvgIpc) is 2.53. The Morgan fingerprint density at radius 3 is 1.76 bits per heavy atom. The van der Waals surface area contributed by atoms with E-state index in [1.54, 1.807) is 0 Å². The van der Waals surface area contributed by atoms with Gasteiger partial charge in [0.1, 0.15) is 0 Å². The summed E-state index contributed by atoms with van der Waals surface area (Å²) in [5, 5.41) is 2.42. The van der Waals surface area contributed by atoms with Gasteiger partial charge in [-0.25, -0.2) is 4.98 Å². The Morgan fingerprint density at radius 1 is 0.619 bits per heavy atom. The van der Waals surface area contributed by atoms with E-state index in [2.05, 4.69) is 83.3 Å². The summed E-state index contributed by atoms with van der Waals surface area (Å²) in [4.78, 5) is 4.79. The van der Waals surface area contributed by atoms with Gasteiger partial charge < -0.3 is 0 Å². The van der Waals surface area contributed by atoms with E-state index < -0.39 is 0 Å². The van der Waals surface area contributed by atoms with Crippen LogP contribution in [0.15, 0.2) is 72.8 Å². The molecule has 1 heterocycles. The van der Waals surface area contributed by atoms with Crippen molar-refractivity contribution in [1.29, 1.82) is 0 Å². The Bertz CT molecular complexity index is 906. The van der Waals surface area contributed by atoms with Crippen LogP contribution in [0, 0.1) is 3.57 Å². The molecule has 21 heavy (non-hydrogen) atoms. The molecule has 100 valence electrons. The average molecular weight is 381 g/mol. The second-order valence-electron chi connectivity index (χ2n) is 5.00. The molecule has 0 aliphatic rings. The summed E-state index contributed by atoms with van der Waals surface area (Å²) in [6.07, 6.45) is 0. The molecule has 0 radical (unpaired) electrons. The molecular formula is C19H12IN. The molecule has 0 amide bonds. The maximum absolute atomic E-state index is 4.79. The summed E-state index contributed by atoms with van der Waals surface area (Å²) < 4.78 is 1.26. The van der Waals surface area contributed by atoms with E-state index in [9.17, 15) is 0 Å². The van der Waals surface area contributed by atoms with Gasteiger partial charge in [-0.1, -0.05) is 54.6 Å². The zero-order chi connectivity index (χ0) is 14.2. The summed E-state index contributed by atoms with van der Waals surface area (Å²) in [5.74, 6) is 0. The maximum Gasteiger partial charge on any atom is 0.0715 e. The van der Waals surface area contributed by atoms with Crippen molar-refractivity contribution in [1.82, 2.24) is 4.98 Å². The number of fused-ring (bicyclic) bond motifs is 2. The monoisotopic (exact) mass is 381 g/mol. The quantitative estimate of drug-likeness (QED) is 0.306. The third-order valence-electron chi connectivity index (χ3n) is 3.73. The van der Waals surface area contributed by atoms with Crippen molar-refractivity contribution >= 4 is 44.4 Å². The van der Waals surface area contributed by atoms with Crippen LogP contribution in [0.3, 0.4) is 0 Å². The Hall–Kier alpha value is -1.94. The molecular weight excluding hydrogens is 369 g/mol. The number of nitrogens with zero attached hydrogens (tertiary/aromatic N) is 1. The van der Waals surface area contributed by atoms with Crippen LogP contribution in [0.5, 0.6) is 0 Å². The first-order chi connectivity index (χ1) is 10.3. The summed E-state index contributed by atoms with van der Waals surface area (Å²) in [6, 6.07) is 25.3. The molecule has 0 N–H and O–H groups in total. The Balaban J connectivity index is 2.25. The van der Waals surface area contributed by atoms with Crippen molar-refractivity contribution in [2.45, 2.75) is 0 Å². The predicted octanol–water partition coefficient (Wildman–Crippen LogP) is 5.66. The Morgan fingerprint density at radius 2 is 1.14 bits per heavy atom. The first-order valence-electron chi connectivity index (χ1n) is 6.87. The highest BCUT2D eigenvalue weighted by Crippen LogP contribution is 2.36. The van der Waals surface area contributed by atoms with Crippen LogP contribution in [0.1, 0.15) is 0 Å². The minimum atomic E-state index is 1.05. The first-order valence-corrected chi connectivity index (χ1v) is 7.95.